The monoisotopic (exact) mass is 328 g/mol. The fraction of sp³-hybridized carbons (Fsp3) is 0.600. The Morgan fingerprint density at radius 2 is 1.95 bits per heavy atom. The highest BCUT2D eigenvalue weighted by molar-refractivity contribution is 7.89. The highest BCUT2D eigenvalue weighted by Gasteiger charge is 2.23. The third-order valence-corrected chi connectivity index (χ3v) is 6.05. The molecular weight excluding hydrogens is 308 g/mol. The second-order valence-corrected chi connectivity index (χ2v) is 8.23. The molecule has 0 bridgehead atoms. The molecular formula is C15H21ClN2O2S. The summed E-state index contributed by atoms with van der Waals surface area (Å²) < 4.78 is 27.1. The van der Waals surface area contributed by atoms with Gasteiger partial charge >= 0.3 is 0 Å². The Kier molecular flexibility index (Phi) is 4.54. The van der Waals surface area contributed by atoms with Crippen LogP contribution in [0.5, 0.6) is 0 Å². The van der Waals surface area contributed by atoms with Crippen molar-refractivity contribution < 1.29 is 8.42 Å². The highest BCUT2D eigenvalue weighted by atomic mass is 35.5. The van der Waals surface area contributed by atoms with E-state index in [-0.39, 0.29) is 4.90 Å². The first-order valence-electron chi connectivity index (χ1n) is 7.56. The maximum absolute atomic E-state index is 12.2. The van der Waals surface area contributed by atoms with Gasteiger partial charge < -0.3 is 5.32 Å². The van der Waals surface area contributed by atoms with Crippen LogP contribution >= 0.6 is 11.6 Å². The molecule has 2 N–H and O–H groups in total. The second kappa shape index (κ2) is 6.24. The predicted molar refractivity (Wildman–Crippen MR) is 83.8 cm³/mol. The van der Waals surface area contributed by atoms with Crippen LogP contribution < -0.4 is 10.0 Å². The van der Waals surface area contributed by atoms with Gasteiger partial charge in [0.1, 0.15) is 0 Å². The van der Waals surface area contributed by atoms with Crippen molar-refractivity contribution in [2.75, 3.05) is 6.54 Å². The summed E-state index contributed by atoms with van der Waals surface area (Å²) in [6, 6.07) is 5.59. The third kappa shape index (κ3) is 3.97. The van der Waals surface area contributed by atoms with E-state index in [9.17, 15) is 8.42 Å². The van der Waals surface area contributed by atoms with Gasteiger partial charge in [-0.3, -0.25) is 0 Å². The van der Waals surface area contributed by atoms with Crippen molar-refractivity contribution in [2.45, 2.75) is 49.6 Å². The minimum atomic E-state index is -3.44. The van der Waals surface area contributed by atoms with Gasteiger partial charge in [-0.2, -0.15) is 0 Å². The lowest BCUT2D eigenvalue weighted by Crippen LogP contribution is -2.32. The fourth-order valence-corrected chi connectivity index (χ4v) is 3.84. The minimum Gasteiger partial charge on any atom is -0.310 e. The Hall–Kier alpha value is -0.620. The Bertz CT molecular complexity index is 610. The van der Waals surface area contributed by atoms with E-state index in [1.807, 2.05) is 0 Å². The minimum absolute atomic E-state index is 0.252. The first kappa shape index (κ1) is 15.3. The molecule has 4 nitrogen and oxygen atoms in total. The lowest BCUT2D eigenvalue weighted by molar-refractivity contribution is 0.316. The van der Waals surface area contributed by atoms with Crippen LogP contribution in [0.4, 0.5) is 0 Å². The van der Waals surface area contributed by atoms with Crippen LogP contribution in [-0.2, 0) is 16.6 Å². The molecule has 116 valence electrons. The summed E-state index contributed by atoms with van der Waals surface area (Å²) in [7, 11) is -3.44. The number of sulfonamides is 1. The number of benzene rings is 1. The van der Waals surface area contributed by atoms with Crippen molar-refractivity contribution in [1.82, 2.24) is 10.0 Å². The molecule has 6 heteroatoms. The van der Waals surface area contributed by atoms with E-state index < -0.39 is 10.0 Å². The van der Waals surface area contributed by atoms with Crippen LogP contribution in [0.25, 0.3) is 0 Å². The van der Waals surface area contributed by atoms with Crippen molar-refractivity contribution >= 4 is 21.6 Å². The van der Waals surface area contributed by atoms with Crippen LogP contribution in [0.3, 0.4) is 0 Å². The van der Waals surface area contributed by atoms with Gasteiger partial charge in [0.15, 0.2) is 0 Å². The van der Waals surface area contributed by atoms with Gasteiger partial charge in [0.2, 0.25) is 10.0 Å². The molecule has 2 saturated carbocycles. The van der Waals surface area contributed by atoms with Gasteiger partial charge in [0.25, 0.3) is 0 Å². The van der Waals surface area contributed by atoms with Gasteiger partial charge in [-0.25, -0.2) is 13.1 Å². The van der Waals surface area contributed by atoms with Crippen molar-refractivity contribution in [3.8, 4) is 0 Å². The van der Waals surface area contributed by atoms with E-state index in [4.69, 9.17) is 11.6 Å². The van der Waals surface area contributed by atoms with Crippen molar-refractivity contribution in [1.29, 1.82) is 0 Å². The normalized spacial score (nSPS) is 19.5. The number of rotatable bonds is 7. The topological polar surface area (TPSA) is 58.2 Å². The molecule has 0 spiro atoms. The van der Waals surface area contributed by atoms with E-state index in [1.54, 1.807) is 18.2 Å². The predicted octanol–water partition coefficient (Wildman–Crippen LogP) is 2.67. The zero-order chi connectivity index (χ0) is 14.9. The molecule has 0 radical (unpaired) electrons. The Morgan fingerprint density at radius 3 is 2.52 bits per heavy atom. The van der Waals surface area contributed by atoms with Gasteiger partial charge in [0.05, 0.1) is 4.90 Å². The fourth-order valence-electron chi connectivity index (χ4n) is 2.39. The molecule has 1 aromatic carbocycles. The molecule has 2 fully saturated rings. The first-order valence-corrected chi connectivity index (χ1v) is 9.42. The summed E-state index contributed by atoms with van der Waals surface area (Å²) in [6.07, 6.45) is 5.88. The largest absolute Gasteiger partial charge is 0.310 e. The molecule has 0 heterocycles. The van der Waals surface area contributed by atoms with E-state index in [0.717, 1.165) is 18.4 Å². The van der Waals surface area contributed by atoms with Crippen LogP contribution in [0.2, 0.25) is 5.02 Å². The average molecular weight is 329 g/mol. The summed E-state index contributed by atoms with van der Waals surface area (Å²) in [5.74, 6) is 0.497. The Morgan fingerprint density at radius 1 is 1.19 bits per heavy atom. The molecule has 0 atom stereocenters. The molecule has 2 aliphatic rings. The van der Waals surface area contributed by atoms with Crippen LogP contribution in [0.1, 0.15) is 37.7 Å². The third-order valence-electron chi connectivity index (χ3n) is 4.28. The molecule has 0 amide bonds. The number of hydrogen-bond acceptors (Lipinski definition) is 3. The van der Waals surface area contributed by atoms with Crippen LogP contribution in [0.15, 0.2) is 23.1 Å². The SMILES string of the molecule is O=S(=O)(NCC1CCC1)c1ccc(CNC2CC2)c(Cl)c1. The smallest absolute Gasteiger partial charge is 0.240 e. The molecule has 1 aromatic rings. The van der Waals surface area contributed by atoms with Crippen molar-refractivity contribution in [3.63, 3.8) is 0 Å². The van der Waals surface area contributed by atoms with Gasteiger partial charge in [-0.1, -0.05) is 24.1 Å². The molecule has 0 aromatic heterocycles. The molecule has 21 heavy (non-hydrogen) atoms. The quantitative estimate of drug-likeness (QED) is 0.809. The summed E-state index contributed by atoms with van der Waals surface area (Å²) in [5.41, 5.74) is 0.946. The van der Waals surface area contributed by atoms with Gasteiger partial charge in [-0.05, 0) is 49.3 Å². The molecule has 0 saturated heterocycles. The highest BCUT2D eigenvalue weighted by Crippen LogP contribution is 2.27. The van der Waals surface area contributed by atoms with E-state index in [1.165, 1.54) is 19.3 Å². The lowest BCUT2D eigenvalue weighted by atomic mass is 9.86. The van der Waals surface area contributed by atoms with Crippen molar-refractivity contribution in [3.05, 3.63) is 28.8 Å². The standard InChI is InChI=1S/C15H21ClN2O2S/c16-15-8-14(7-4-12(15)10-17-13-5-6-13)21(19,20)18-9-11-2-1-3-11/h4,7-8,11,13,17-18H,1-3,5-6,9-10H2. The summed E-state index contributed by atoms with van der Waals surface area (Å²) in [4.78, 5) is 0.252. The number of halogens is 1. The zero-order valence-corrected chi connectivity index (χ0v) is 13.5. The molecule has 3 rings (SSSR count). The molecule has 2 aliphatic carbocycles. The maximum atomic E-state index is 12.2. The zero-order valence-electron chi connectivity index (χ0n) is 11.9. The molecule has 0 aliphatic heterocycles. The maximum Gasteiger partial charge on any atom is 0.240 e. The lowest BCUT2D eigenvalue weighted by Gasteiger charge is -2.25. The second-order valence-electron chi connectivity index (χ2n) is 6.06. The summed E-state index contributed by atoms with van der Waals surface area (Å²) in [6.45, 7) is 1.23. The van der Waals surface area contributed by atoms with Crippen LogP contribution in [-0.4, -0.2) is 21.0 Å². The Labute approximate surface area is 131 Å². The van der Waals surface area contributed by atoms with Gasteiger partial charge in [-0.15, -0.1) is 0 Å². The Balaban J connectivity index is 1.64. The number of hydrogen-bond donors (Lipinski definition) is 2. The summed E-state index contributed by atoms with van der Waals surface area (Å²) >= 11 is 6.21. The van der Waals surface area contributed by atoms with E-state index >= 15 is 0 Å². The summed E-state index contributed by atoms with van der Waals surface area (Å²) in [5, 5.41) is 3.89. The molecule has 0 unspecified atom stereocenters. The van der Waals surface area contributed by atoms with Crippen LogP contribution in [0, 0.1) is 5.92 Å². The van der Waals surface area contributed by atoms with E-state index in [0.29, 0.717) is 30.1 Å². The van der Waals surface area contributed by atoms with E-state index in [2.05, 4.69) is 10.0 Å². The van der Waals surface area contributed by atoms with Gasteiger partial charge in [0, 0.05) is 24.2 Å². The number of nitrogens with one attached hydrogen (secondary N) is 2. The first-order chi connectivity index (χ1) is 10.0. The average Bonchev–Trinajstić information content (AvgIpc) is 3.19. The van der Waals surface area contributed by atoms with Crippen molar-refractivity contribution in [2.24, 2.45) is 5.92 Å².